The van der Waals surface area contributed by atoms with Crippen LogP contribution < -0.4 is 0 Å². The number of benzene rings is 1. The summed E-state index contributed by atoms with van der Waals surface area (Å²) in [4.78, 5) is 0.537. The fraction of sp³-hybridized carbons (Fsp3) is 0.647. The van der Waals surface area contributed by atoms with Gasteiger partial charge in [-0.2, -0.15) is 0 Å². The van der Waals surface area contributed by atoms with Crippen molar-refractivity contribution in [3.05, 3.63) is 35.4 Å². The van der Waals surface area contributed by atoms with Gasteiger partial charge < -0.3 is 0 Å². The molecule has 0 nitrogen and oxygen atoms in total. The molecule has 0 saturated heterocycles. The summed E-state index contributed by atoms with van der Waals surface area (Å²) in [6.45, 7) is 4.51. The topological polar surface area (TPSA) is 0 Å². The molecule has 0 heterocycles. The Hall–Kier alpha value is -0.300. The van der Waals surface area contributed by atoms with Crippen LogP contribution in [0.5, 0.6) is 0 Å². The zero-order valence-corrected chi connectivity index (χ0v) is 13.5. The highest BCUT2D eigenvalue weighted by Gasteiger charge is 2.06. The molecule has 0 amide bonds. The van der Waals surface area contributed by atoms with Crippen molar-refractivity contribution in [3.63, 3.8) is 0 Å². The summed E-state index contributed by atoms with van der Waals surface area (Å²) >= 11 is 3.82. The molecule has 1 atom stereocenters. The van der Waals surface area contributed by atoms with Crippen molar-refractivity contribution in [2.45, 2.75) is 70.0 Å². The highest BCUT2D eigenvalue weighted by molar-refractivity contribution is 9.09. The van der Waals surface area contributed by atoms with Gasteiger partial charge in [-0.3, -0.25) is 0 Å². The Bertz CT molecular complexity index is 302. The Kier molecular flexibility index (Phi) is 8.41. The third kappa shape index (κ3) is 6.04. The molecular formula is C17H27Br. The maximum Gasteiger partial charge on any atom is 0.0395 e. The number of hydrogen-bond donors (Lipinski definition) is 0. The van der Waals surface area contributed by atoms with E-state index in [9.17, 15) is 0 Å². The first kappa shape index (κ1) is 15.8. The summed E-state index contributed by atoms with van der Waals surface area (Å²) in [6.07, 6.45) is 10.5. The molecule has 0 N–H and O–H groups in total. The van der Waals surface area contributed by atoms with Crippen LogP contribution in [0.4, 0.5) is 0 Å². The van der Waals surface area contributed by atoms with Crippen molar-refractivity contribution >= 4 is 15.9 Å². The van der Waals surface area contributed by atoms with Gasteiger partial charge in [0, 0.05) is 4.83 Å². The first-order valence-electron chi connectivity index (χ1n) is 7.50. The van der Waals surface area contributed by atoms with Crippen LogP contribution in [-0.2, 0) is 6.42 Å². The molecule has 0 aliphatic heterocycles. The molecule has 1 aromatic carbocycles. The van der Waals surface area contributed by atoms with E-state index in [1.165, 1.54) is 62.5 Å². The molecule has 1 unspecified atom stereocenters. The van der Waals surface area contributed by atoms with Gasteiger partial charge in [0.25, 0.3) is 0 Å². The number of unbranched alkanes of at least 4 members (excludes halogenated alkanes) is 4. The van der Waals surface area contributed by atoms with Gasteiger partial charge in [0.15, 0.2) is 0 Å². The highest BCUT2D eigenvalue weighted by Crippen LogP contribution is 2.29. The minimum absolute atomic E-state index is 0.537. The van der Waals surface area contributed by atoms with Crippen molar-refractivity contribution < 1.29 is 0 Å². The van der Waals surface area contributed by atoms with E-state index in [2.05, 4.69) is 54.0 Å². The average Bonchev–Trinajstić information content (AvgIpc) is 2.41. The predicted molar refractivity (Wildman–Crippen MR) is 85.5 cm³/mol. The molecule has 0 spiro atoms. The summed E-state index contributed by atoms with van der Waals surface area (Å²) in [5.74, 6) is 0. The van der Waals surface area contributed by atoms with Crippen LogP contribution in [0.1, 0.15) is 74.7 Å². The zero-order valence-electron chi connectivity index (χ0n) is 11.9. The normalized spacial score (nSPS) is 12.6. The van der Waals surface area contributed by atoms with Gasteiger partial charge in [0.1, 0.15) is 0 Å². The molecule has 0 saturated carbocycles. The molecule has 102 valence electrons. The van der Waals surface area contributed by atoms with Crippen molar-refractivity contribution in [2.24, 2.45) is 0 Å². The Morgan fingerprint density at radius 1 is 0.889 bits per heavy atom. The molecule has 1 aromatic rings. The SMILES string of the molecule is CCCCCCC(Br)c1ccc(CCCC)cc1. The van der Waals surface area contributed by atoms with E-state index in [4.69, 9.17) is 0 Å². The zero-order chi connectivity index (χ0) is 13.2. The Morgan fingerprint density at radius 2 is 1.56 bits per heavy atom. The van der Waals surface area contributed by atoms with Gasteiger partial charge in [-0.05, 0) is 30.4 Å². The molecule has 0 aliphatic rings. The molecule has 0 radical (unpaired) electrons. The van der Waals surface area contributed by atoms with Crippen molar-refractivity contribution in [1.29, 1.82) is 0 Å². The van der Waals surface area contributed by atoms with Gasteiger partial charge in [0.2, 0.25) is 0 Å². The number of alkyl halides is 1. The van der Waals surface area contributed by atoms with E-state index in [0.29, 0.717) is 4.83 Å². The second-order valence-corrected chi connectivity index (χ2v) is 6.27. The summed E-state index contributed by atoms with van der Waals surface area (Å²) in [5.41, 5.74) is 2.91. The average molecular weight is 311 g/mol. The minimum atomic E-state index is 0.537. The van der Waals surface area contributed by atoms with Gasteiger partial charge >= 0.3 is 0 Å². The molecule has 1 heteroatoms. The van der Waals surface area contributed by atoms with E-state index < -0.39 is 0 Å². The van der Waals surface area contributed by atoms with Crippen LogP contribution in [-0.4, -0.2) is 0 Å². The molecule has 0 aromatic heterocycles. The molecule has 18 heavy (non-hydrogen) atoms. The van der Waals surface area contributed by atoms with Gasteiger partial charge in [-0.1, -0.05) is 86.1 Å². The third-order valence-corrected chi connectivity index (χ3v) is 4.46. The van der Waals surface area contributed by atoms with Crippen molar-refractivity contribution in [3.8, 4) is 0 Å². The van der Waals surface area contributed by atoms with Crippen LogP contribution in [0.3, 0.4) is 0 Å². The number of aryl methyl sites for hydroxylation is 1. The lowest BCUT2D eigenvalue weighted by Crippen LogP contribution is -1.92. The van der Waals surface area contributed by atoms with E-state index in [0.717, 1.165) is 0 Å². The van der Waals surface area contributed by atoms with E-state index >= 15 is 0 Å². The molecular weight excluding hydrogens is 284 g/mol. The first-order valence-corrected chi connectivity index (χ1v) is 8.42. The largest absolute Gasteiger partial charge is 0.0839 e. The molecule has 0 fully saturated rings. The smallest absolute Gasteiger partial charge is 0.0395 e. The number of hydrogen-bond acceptors (Lipinski definition) is 0. The lowest BCUT2D eigenvalue weighted by molar-refractivity contribution is 0.630. The quantitative estimate of drug-likeness (QED) is 0.364. The second-order valence-electron chi connectivity index (χ2n) is 5.16. The fourth-order valence-corrected chi connectivity index (χ4v) is 2.82. The summed E-state index contributed by atoms with van der Waals surface area (Å²) < 4.78 is 0. The number of halogens is 1. The van der Waals surface area contributed by atoms with E-state index in [-0.39, 0.29) is 0 Å². The Labute approximate surface area is 121 Å². The maximum atomic E-state index is 3.82. The fourth-order valence-electron chi connectivity index (χ4n) is 2.19. The first-order chi connectivity index (χ1) is 8.77. The highest BCUT2D eigenvalue weighted by atomic mass is 79.9. The van der Waals surface area contributed by atoms with Gasteiger partial charge in [-0.15, -0.1) is 0 Å². The van der Waals surface area contributed by atoms with Gasteiger partial charge in [-0.25, -0.2) is 0 Å². The lowest BCUT2D eigenvalue weighted by atomic mass is 10.0. The monoisotopic (exact) mass is 310 g/mol. The summed E-state index contributed by atoms with van der Waals surface area (Å²) in [6, 6.07) is 9.19. The van der Waals surface area contributed by atoms with Crippen LogP contribution in [0, 0.1) is 0 Å². The van der Waals surface area contributed by atoms with Crippen molar-refractivity contribution in [1.82, 2.24) is 0 Å². The van der Waals surface area contributed by atoms with Crippen LogP contribution >= 0.6 is 15.9 Å². The van der Waals surface area contributed by atoms with Crippen molar-refractivity contribution in [2.75, 3.05) is 0 Å². The summed E-state index contributed by atoms with van der Waals surface area (Å²) in [5, 5.41) is 0. The maximum absolute atomic E-state index is 3.82. The Balaban J connectivity index is 2.36. The minimum Gasteiger partial charge on any atom is -0.0839 e. The van der Waals surface area contributed by atoms with Crippen LogP contribution in [0.25, 0.3) is 0 Å². The molecule has 1 rings (SSSR count). The second kappa shape index (κ2) is 9.61. The number of rotatable bonds is 9. The van der Waals surface area contributed by atoms with Crippen LogP contribution in [0.15, 0.2) is 24.3 Å². The van der Waals surface area contributed by atoms with Gasteiger partial charge in [0.05, 0.1) is 0 Å². The standard InChI is InChI=1S/C17H27Br/c1-3-5-7-8-10-17(18)16-13-11-15(12-14-16)9-6-4-2/h11-14,17H,3-10H2,1-2H3. The predicted octanol–water partition coefficient (Wildman–Crippen LogP) is 6.44. The lowest BCUT2D eigenvalue weighted by Gasteiger charge is -2.11. The summed E-state index contributed by atoms with van der Waals surface area (Å²) in [7, 11) is 0. The van der Waals surface area contributed by atoms with E-state index in [1.807, 2.05) is 0 Å². The Morgan fingerprint density at radius 3 is 2.17 bits per heavy atom. The molecule has 0 bridgehead atoms. The van der Waals surface area contributed by atoms with E-state index in [1.54, 1.807) is 0 Å². The third-order valence-electron chi connectivity index (χ3n) is 3.47. The molecule has 0 aliphatic carbocycles. The van der Waals surface area contributed by atoms with Crippen LogP contribution in [0.2, 0.25) is 0 Å².